The molecular formula is C28H32N2O2. The van der Waals surface area contributed by atoms with E-state index in [2.05, 4.69) is 70.5 Å². The van der Waals surface area contributed by atoms with Crippen molar-refractivity contribution in [2.24, 2.45) is 0 Å². The number of rotatable bonds is 9. The van der Waals surface area contributed by atoms with Crippen molar-refractivity contribution in [3.8, 4) is 16.9 Å². The van der Waals surface area contributed by atoms with E-state index in [1.807, 2.05) is 36.4 Å². The minimum atomic E-state index is -0.492. The summed E-state index contributed by atoms with van der Waals surface area (Å²) < 4.78 is 5.82. The Morgan fingerprint density at radius 3 is 2.03 bits per heavy atom. The van der Waals surface area contributed by atoms with Crippen LogP contribution in [-0.2, 0) is 0 Å². The van der Waals surface area contributed by atoms with Crippen molar-refractivity contribution in [3.63, 3.8) is 0 Å². The summed E-state index contributed by atoms with van der Waals surface area (Å²) in [5.41, 5.74) is 3.59. The van der Waals surface area contributed by atoms with Gasteiger partial charge in [-0.05, 0) is 28.8 Å². The number of β-amino-alcohol motifs (C(OH)–C–C–N with tert-alkyl or cyclic N) is 1. The van der Waals surface area contributed by atoms with Gasteiger partial charge in [0.1, 0.15) is 18.5 Å². The van der Waals surface area contributed by atoms with E-state index >= 15 is 0 Å². The highest BCUT2D eigenvalue weighted by atomic mass is 16.5. The Morgan fingerprint density at radius 1 is 0.750 bits per heavy atom. The van der Waals surface area contributed by atoms with Crippen molar-refractivity contribution in [2.45, 2.75) is 6.10 Å². The summed E-state index contributed by atoms with van der Waals surface area (Å²) in [7, 11) is 0. The molecule has 1 aliphatic heterocycles. The molecule has 1 unspecified atom stereocenters. The topological polar surface area (TPSA) is 35.9 Å². The van der Waals surface area contributed by atoms with Gasteiger partial charge in [0, 0.05) is 39.3 Å². The highest BCUT2D eigenvalue weighted by Gasteiger charge is 2.18. The highest BCUT2D eigenvalue weighted by Crippen LogP contribution is 2.22. The molecule has 1 fully saturated rings. The normalized spacial score (nSPS) is 16.3. The van der Waals surface area contributed by atoms with E-state index < -0.39 is 6.10 Å². The summed E-state index contributed by atoms with van der Waals surface area (Å²) in [5, 5.41) is 10.4. The van der Waals surface area contributed by atoms with Crippen LogP contribution >= 0.6 is 0 Å². The first-order valence-corrected chi connectivity index (χ1v) is 11.4. The first kappa shape index (κ1) is 22.3. The third-order valence-electron chi connectivity index (χ3n) is 5.81. The molecule has 1 heterocycles. The molecule has 1 aliphatic rings. The quantitative estimate of drug-likeness (QED) is 0.547. The molecule has 0 bridgehead atoms. The van der Waals surface area contributed by atoms with Gasteiger partial charge in [0.05, 0.1) is 0 Å². The second kappa shape index (κ2) is 11.6. The molecular weight excluding hydrogens is 396 g/mol. The third-order valence-corrected chi connectivity index (χ3v) is 5.81. The fraction of sp³-hybridized carbons (Fsp3) is 0.286. The van der Waals surface area contributed by atoms with Crippen molar-refractivity contribution in [1.29, 1.82) is 0 Å². The Morgan fingerprint density at radius 2 is 1.34 bits per heavy atom. The Labute approximate surface area is 191 Å². The van der Waals surface area contributed by atoms with Crippen LogP contribution in [0, 0.1) is 0 Å². The van der Waals surface area contributed by atoms with Crippen LogP contribution in [0.15, 0.2) is 91.0 Å². The third kappa shape index (κ3) is 6.79. The number of ether oxygens (including phenoxy) is 1. The van der Waals surface area contributed by atoms with Crippen LogP contribution in [0.2, 0.25) is 0 Å². The molecule has 1 atom stereocenters. The summed E-state index contributed by atoms with van der Waals surface area (Å²) in [6.45, 7) is 5.92. The first-order chi connectivity index (χ1) is 15.8. The Bertz CT molecular complexity index is 950. The Kier molecular flexibility index (Phi) is 8.10. The van der Waals surface area contributed by atoms with E-state index in [-0.39, 0.29) is 0 Å². The van der Waals surface area contributed by atoms with Crippen LogP contribution in [-0.4, -0.2) is 66.9 Å². The first-order valence-electron chi connectivity index (χ1n) is 11.4. The van der Waals surface area contributed by atoms with Gasteiger partial charge in [-0.3, -0.25) is 9.80 Å². The van der Waals surface area contributed by atoms with Crippen LogP contribution < -0.4 is 4.74 Å². The lowest BCUT2D eigenvalue weighted by atomic mass is 10.1. The van der Waals surface area contributed by atoms with E-state index in [1.54, 1.807) is 0 Å². The molecule has 166 valence electrons. The zero-order chi connectivity index (χ0) is 22.0. The van der Waals surface area contributed by atoms with Crippen molar-refractivity contribution >= 4 is 6.08 Å². The van der Waals surface area contributed by atoms with Gasteiger partial charge in [-0.2, -0.15) is 0 Å². The Balaban J connectivity index is 1.15. The summed E-state index contributed by atoms with van der Waals surface area (Å²) in [5.74, 6) is 0.791. The van der Waals surface area contributed by atoms with Crippen molar-refractivity contribution in [2.75, 3.05) is 45.9 Å². The van der Waals surface area contributed by atoms with Crippen molar-refractivity contribution in [3.05, 3.63) is 96.6 Å². The van der Waals surface area contributed by atoms with Crippen LogP contribution in [0.4, 0.5) is 0 Å². The average molecular weight is 429 g/mol. The summed E-state index contributed by atoms with van der Waals surface area (Å²) in [4.78, 5) is 4.77. The predicted octanol–water partition coefficient (Wildman–Crippen LogP) is 4.42. The van der Waals surface area contributed by atoms with Gasteiger partial charge in [-0.15, -0.1) is 0 Å². The number of aliphatic hydroxyl groups excluding tert-OH is 1. The molecule has 3 aromatic rings. The summed E-state index contributed by atoms with van der Waals surface area (Å²) in [6, 6.07) is 28.7. The van der Waals surface area contributed by atoms with E-state index in [1.165, 1.54) is 11.1 Å². The SMILES string of the molecule is OC(COc1ccc(-c2ccccc2)cc1)CN1CCN(CC=Cc2ccccc2)CC1. The number of hydrogen-bond donors (Lipinski definition) is 1. The van der Waals surface area contributed by atoms with E-state index in [0.717, 1.165) is 44.0 Å². The lowest BCUT2D eigenvalue weighted by molar-refractivity contribution is 0.0482. The van der Waals surface area contributed by atoms with Gasteiger partial charge in [0.2, 0.25) is 0 Å². The zero-order valence-electron chi connectivity index (χ0n) is 18.5. The van der Waals surface area contributed by atoms with Gasteiger partial charge in [0.15, 0.2) is 0 Å². The van der Waals surface area contributed by atoms with Crippen LogP contribution in [0.3, 0.4) is 0 Å². The smallest absolute Gasteiger partial charge is 0.119 e. The summed E-state index contributed by atoms with van der Waals surface area (Å²) in [6.07, 6.45) is 3.92. The summed E-state index contributed by atoms with van der Waals surface area (Å²) >= 11 is 0. The minimum Gasteiger partial charge on any atom is -0.491 e. The highest BCUT2D eigenvalue weighted by molar-refractivity contribution is 5.63. The molecule has 0 aromatic heterocycles. The number of piperazine rings is 1. The van der Waals surface area contributed by atoms with Crippen LogP contribution in [0.25, 0.3) is 17.2 Å². The van der Waals surface area contributed by atoms with Gasteiger partial charge in [0.25, 0.3) is 0 Å². The second-order valence-electron chi connectivity index (χ2n) is 8.27. The maximum atomic E-state index is 10.4. The molecule has 1 saturated heterocycles. The Hall–Kier alpha value is -2.92. The molecule has 0 radical (unpaired) electrons. The van der Waals surface area contributed by atoms with Crippen LogP contribution in [0.1, 0.15) is 5.56 Å². The van der Waals surface area contributed by atoms with Crippen LogP contribution in [0.5, 0.6) is 5.75 Å². The largest absolute Gasteiger partial charge is 0.491 e. The van der Waals surface area contributed by atoms with E-state index in [0.29, 0.717) is 13.2 Å². The standard InChI is InChI=1S/C28H32N2O2/c31-27(23-32-28-15-13-26(14-16-28)25-11-5-2-6-12-25)22-30-20-18-29(19-21-30)17-7-10-24-8-3-1-4-9-24/h1-16,27,31H,17-23H2. The fourth-order valence-corrected chi connectivity index (χ4v) is 3.97. The molecule has 0 spiro atoms. The van der Waals surface area contributed by atoms with E-state index in [4.69, 9.17) is 4.74 Å². The predicted molar refractivity (Wildman–Crippen MR) is 132 cm³/mol. The lowest BCUT2D eigenvalue weighted by Gasteiger charge is -2.35. The molecule has 1 N–H and O–H groups in total. The monoisotopic (exact) mass is 428 g/mol. The minimum absolute atomic E-state index is 0.310. The second-order valence-corrected chi connectivity index (χ2v) is 8.27. The maximum Gasteiger partial charge on any atom is 0.119 e. The fourth-order valence-electron chi connectivity index (χ4n) is 3.97. The average Bonchev–Trinajstić information content (AvgIpc) is 2.85. The number of hydrogen-bond acceptors (Lipinski definition) is 4. The number of benzene rings is 3. The zero-order valence-corrected chi connectivity index (χ0v) is 18.5. The van der Waals surface area contributed by atoms with Gasteiger partial charge in [-0.25, -0.2) is 0 Å². The lowest BCUT2D eigenvalue weighted by Crippen LogP contribution is -2.49. The van der Waals surface area contributed by atoms with Gasteiger partial charge < -0.3 is 9.84 Å². The molecule has 0 aliphatic carbocycles. The van der Waals surface area contributed by atoms with E-state index in [9.17, 15) is 5.11 Å². The van der Waals surface area contributed by atoms with Crippen molar-refractivity contribution < 1.29 is 9.84 Å². The molecule has 4 nitrogen and oxygen atoms in total. The number of aliphatic hydroxyl groups is 1. The number of nitrogens with zero attached hydrogens (tertiary/aromatic N) is 2. The van der Waals surface area contributed by atoms with Gasteiger partial charge in [-0.1, -0.05) is 84.9 Å². The molecule has 3 aromatic carbocycles. The van der Waals surface area contributed by atoms with Gasteiger partial charge >= 0.3 is 0 Å². The molecule has 4 rings (SSSR count). The molecule has 0 saturated carbocycles. The molecule has 4 heteroatoms. The van der Waals surface area contributed by atoms with Crippen molar-refractivity contribution in [1.82, 2.24) is 9.80 Å². The molecule has 0 amide bonds. The maximum absolute atomic E-state index is 10.4. The molecule has 32 heavy (non-hydrogen) atoms.